The molecule has 5 rings (SSSR count). The molecule has 33 heavy (non-hydrogen) atoms. The summed E-state index contributed by atoms with van der Waals surface area (Å²) in [4.78, 5) is 14.3. The Balaban J connectivity index is 1.41. The van der Waals surface area contributed by atoms with Crippen molar-refractivity contribution in [1.29, 1.82) is 0 Å². The smallest absolute Gasteiger partial charge is 0.259 e. The molecule has 4 aromatic rings. The van der Waals surface area contributed by atoms with Crippen molar-refractivity contribution in [3.8, 4) is 16.3 Å². The van der Waals surface area contributed by atoms with Gasteiger partial charge in [-0.15, -0.1) is 11.3 Å². The van der Waals surface area contributed by atoms with Gasteiger partial charge in [0.05, 0.1) is 21.0 Å². The molecule has 168 valence electrons. The van der Waals surface area contributed by atoms with E-state index < -0.39 is 10.0 Å². The van der Waals surface area contributed by atoms with Crippen LogP contribution < -0.4 is 5.32 Å². The van der Waals surface area contributed by atoms with Gasteiger partial charge >= 0.3 is 0 Å². The van der Waals surface area contributed by atoms with Gasteiger partial charge in [0.15, 0.2) is 0 Å². The van der Waals surface area contributed by atoms with Crippen LogP contribution in [0.25, 0.3) is 16.3 Å². The zero-order chi connectivity index (χ0) is 22.8. The van der Waals surface area contributed by atoms with Gasteiger partial charge in [-0.2, -0.15) is 9.40 Å². The Labute approximate surface area is 196 Å². The van der Waals surface area contributed by atoms with Crippen molar-refractivity contribution in [3.63, 3.8) is 0 Å². The Hall–Kier alpha value is -3.27. The quantitative estimate of drug-likeness (QED) is 0.438. The summed E-state index contributed by atoms with van der Waals surface area (Å²) in [6.07, 6.45) is 3.49. The normalized spacial score (nSPS) is 14.4. The van der Waals surface area contributed by atoms with Crippen LogP contribution >= 0.6 is 11.3 Å². The lowest BCUT2D eigenvalue weighted by Gasteiger charge is -2.15. The third-order valence-corrected chi connectivity index (χ3v) is 8.34. The third-order valence-electron chi connectivity index (χ3n) is 5.55. The fraction of sp³-hybridized carbons (Fsp3) is 0.167. The summed E-state index contributed by atoms with van der Waals surface area (Å²) in [7, 11) is -3.49. The molecule has 0 unspecified atom stereocenters. The van der Waals surface area contributed by atoms with Crippen molar-refractivity contribution in [2.24, 2.45) is 0 Å². The largest absolute Gasteiger partial charge is 0.322 e. The van der Waals surface area contributed by atoms with Gasteiger partial charge in [-0.1, -0.05) is 24.3 Å². The predicted molar refractivity (Wildman–Crippen MR) is 129 cm³/mol. The number of nitrogens with one attached hydrogen (secondary N) is 1. The molecule has 2 aromatic heterocycles. The van der Waals surface area contributed by atoms with E-state index >= 15 is 0 Å². The van der Waals surface area contributed by atoms with Gasteiger partial charge in [0.2, 0.25) is 10.0 Å². The highest BCUT2D eigenvalue weighted by Crippen LogP contribution is 2.29. The van der Waals surface area contributed by atoms with Gasteiger partial charge in [-0.3, -0.25) is 4.79 Å². The third kappa shape index (κ3) is 4.35. The van der Waals surface area contributed by atoms with Crippen molar-refractivity contribution >= 4 is 33.0 Å². The molecular formula is C24H22N4O3S2. The second kappa shape index (κ2) is 8.93. The van der Waals surface area contributed by atoms with Gasteiger partial charge in [-0.25, -0.2) is 13.1 Å². The lowest BCUT2D eigenvalue weighted by Crippen LogP contribution is -2.27. The summed E-state index contributed by atoms with van der Waals surface area (Å²) in [5, 5.41) is 9.48. The average Bonchev–Trinajstić information content (AvgIpc) is 3.61. The summed E-state index contributed by atoms with van der Waals surface area (Å²) in [5.74, 6) is -0.310. The van der Waals surface area contributed by atoms with Gasteiger partial charge in [0.25, 0.3) is 5.91 Å². The molecule has 2 aromatic carbocycles. The number of nitrogens with zero attached hydrogens (tertiary/aromatic N) is 3. The number of para-hydroxylation sites is 1. The van der Waals surface area contributed by atoms with Crippen LogP contribution in [0.1, 0.15) is 23.2 Å². The minimum absolute atomic E-state index is 0.235. The number of benzene rings is 2. The van der Waals surface area contributed by atoms with Crippen LogP contribution in [0.5, 0.6) is 0 Å². The van der Waals surface area contributed by atoms with E-state index in [1.54, 1.807) is 23.0 Å². The average molecular weight is 479 g/mol. The van der Waals surface area contributed by atoms with E-state index in [0.717, 1.165) is 23.4 Å². The fourth-order valence-electron chi connectivity index (χ4n) is 3.83. The van der Waals surface area contributed by atoms with Gasteiger partial charge in [-0.05, 0) is 60.7 Å². The predicted octanol–water partition coefficient (Wildman–Crippen LogP) is 4.64. The molecule has 1 aliphatic rings. The minimum atomic E-state index is -3.49. The van der Waals surface area contributed by atoms with E-state index in [0.29, 0.717) is 30.0 Å². The summed E-state index contributed by atoms with van der Waals surface area (Å²) >= 11 is 1.51. The van der Waals surface area contributed by atoms with Crippen LogP contribution in [0.15, 0.2) is 83.2 Å². The summed E-state index contributed by atoms with van der Waals surface area (Å²) in [6.45, 7) is 1.11. The molecule has 1 aliphatic heterocycles. The lowest BCUT2D eigenvalue weighted by molar-refractivity contribution is 0.102. The van der Waals surface area contributed by atoms with Gasteiger partial charge in [0.1, 0.15) is 5.69 Å². The molecule has 9 heteroatoms. The number of amides is 1. The Morgan fingerprint density at radius 3 is 2.33 bits per heavy atom. The molecule has 7 nitrogen and oxygen atoms in total. The maximum absolute atomic E-state index is 13.2. The molecule has 0 aliphatic carbocycles. The number of rotatable bonds is 6. The summed E-state index contributed by atoms with van der Waals surface area (Å²) in [5.41, 5.74) is 2.41. The first-order valence-electron chi connectivity index (χ1n) is 10.6. The highest BCUT2D eigenvalue weighted by atomic mass is 32.2. The molecule has 1 saturated heterocycles. The SMILES string of the molecule is O=C(Nc1ccc(S(=O)(=O)N2CCCC2)cc1)c1cn(-c2ccccc2)nc1-c1cccs1. The Kier molecular flexibility index (Phi) is 5.84. The van der Waals surface area contributed by atoms with Crippen molar-refractivity contribution in [2.75, 3.05) is 18.4 Å². The van der Waals surface area contributed by atoms with Crippen molar-refractivity contribution in [2.45, 2.75) is 17.7 Å². The standard InChI is InChI=1S/C24H22N4O3S2/c29-24(25-18-10-12-20(13-11-18)33(30,31)27-14-4-5-15-27)21-17-28(19-7-2-1-3-8-19)26-23(21)22-9-6-16-32-22/h1-3,6-13,16-17H,4-5,14-15H2,(H,25,29). The lowest BCUT2D eigenvalue weighted by atomic mass is 10.2. The molecule has 1 amide bonds. The van der Waals surface area contributed by atoms with Gasteiger partial charge < -0.3 is 5.32 Å². The Morgan fingerprint density at radius 2 is 1.67 bits per heavy atom. The number of carbonyl (C=O) groups is 1. The molecule has 1 fully saturated rings. The van der Waals surface area contributed by atoms with E-state index in [1.807, 2.05) is 47.8 Å². The van der Waals surface area contributed by atoms with E-state index in [-0.39, 0.29) is 10.8 Å². The second-order valence-corrected chi connectivity index (χ2v) is 10.6. The zero-order valence-corrected chi connectivity index (χ0v) is 19.3. The first-order valence-corrected chi connectivity index (χ1v) is 12.9. The van der Waals surface area contributed by atoms with Crippen LogP contribution in [0.2, 0.25) is 0 Å². The molecule has 1 N–H and O–H groups in total. The molecular weight excluding hydrogens is 456 g/mol. The van der Waals surface area contributed by atoms with Gasteiger partial charge in [0, 0.05) is 25.0 Å². The number of hydrogen-bond acceptors (Lipinski definition) is 5. The first-order chi connectivity index (χ1) is 16.0. The van der Waals surface area contributed by atoms with E-state index in [4.69, 9.17) is 0 Å². The highest BCUT2D eigenvalue weighted by molar-refractivity contribution is 7.89. The first kappa shape index (κ1) is 21.6. The molecule has 0 bridgehead atoms. The Morgan fingerprint density at radius 1 is 0.939 bits per heavy atom. The monoisotopic (exact) mass is 478 g/mol. The molecule has 0 saturated carbocycles. The number of hydrogen-bond donors (Lipinski definition) is 1. The minimum Gasteiger partial charge on any atom is -0.322 e. The maximum atomic E-state index is 13.2. The molecule has 3 heterocycles. The zero-order valence-electron chi connectivity index (χ0n) is 17.7. The van der Waals surface area contributed by atoms with E-state index in [2.05, 4.69) is 10.4 Å². The van der Waals surface area contributed by atoms with Crippen molar-refractivity contribution < 1.29 is 13.2 Å². The topological polar surface area (TPSA) is 84.3 Å². The molecule has 0 spiro atoms. The van der Waals surface area contributed by atoms with Crippen LogP contribution in [-0.2, 0) is 10.0 Å². The molecule has 0 radical (unpaired) electrons. The number of aromatic nitrogens is 2. The second-order valence-electron chi connectivity index (χ2n) is 7.74. The molecule has 0 atom stereocenters. The van der Waals surface area contributed by atoms with Crippen LogP contribution in [0.3, 0.4) is 0 Å². The van der Waals surface area contributed by atoms with E-state index in [1.165, 1.54) is 27.8 Å². The van der Waals surface area contributed by atoms with Crippen molar-refractivity contribution in [3.05, 3.63) is 83.9 Å². The number of sulfonamides is 1. The maximum Gasteiger partial charge on any atom is 0.259 e. The summed E-state index contributed by atoms with van der Waals surface area (Å²) in [6, 6.07) is 19.8. The van der Waals surface area contributed by atoms with Crippen molar-refractivity contribution in [1.82, 2.24) is 14.1 Å². The van der Waals surface area contributed by atoms with Crippen LogP contribution in [0.4, 0.5) is 5.69 Å². The fourth-order valence-corrected chi connectivity index (χ4v) is 6.07. The highest BCUT2D eigenvalue weighted by Gasteiger charge is 2.27. The van der Waals surface area contributed by atoms with Crippen LogP contribution in [0, 0.1) is 0 Å². The number of thiophene rings is 1. The number of carbonyl (C=O) groups excluding carboxylic acids is 1. The van der Waals surface area contributed by atoms with E-state index in [9.17, 15) is 13.2 Å². The Bertz CT molecular complexity index is 1360. The summed E-state index contributed by atoms with van der Waals surface area (Å²) < 4.78 is 28.7. The number of anilines is 1. The van der Waals surface area contributed by atoms with Crippen LogP contribution in [-0.4, -0.2) is 41.5 Å².